The molecular formula is C28H39F2N5. The standard InChI is InChI=1S/C26H33F2N5.C2H6/c1-17-8-22(16-30-17)19-5-6-20-15-31-26(11-21(20)10-19)32-18(2)9-24(33-25(13-27)14-28)12-23-4-3-7-29-23;1-2/h5-6,10-11,15-16,23-25,29,33H,2-4,7-9,12-14H2,1H3,(H,31,32);1-2H3. The number of hydrogen-bond donors (Lipinski definition) is 3. The summed E-state index contributed by atoms with van der Waals surface area (Å²) >= 11 is 0. The van der Waals surface area contributed by atoms with Gasteiger partial charge in [0.15, 0.2) is 0 Å². The van der Waals surface area contributed by atoms with Gasteiger partial charge in [0.25, 0.3) is 0 Å². The lowest BCUT2D eigenvalue weighted by Crippen LogP contribution is -2.44. The van der Waals surface area contributed by atoms with E-state index in [0.29, 0.717) is 18.3 Å². The minimum absolute atomic E-state index is 0.0679. The van der Waals surface area contributed by atoms with Crippen LogP contribution in [0.1, 0.15) is 58.4 Å². The van der Waals surface area contributed by atoms with Crippen LogP contribution < -0.4 is 16.0 Å². The van der Waals surface area contributed by atoms with E-state index in [-0.39, 0.29) is 6.04 Å². The van der Waals surface area contributed by atoms with Gasteiger partial charge in [0.1, 0.15) is 19.2 Å². The van der Waals surface area contributed by atoms with Gasteiger partial charge < -0.3 is 16.0 Å². The molecule has 3 heterocycles. The summed E-state index contributed by atoms with van der Waals surface area (Å²) in [4.78, 5) is 8.92. The number of nitrogens with one attached hydrogen (secondary N) is 3. The Balaban J connectivity index is 0.00000167. The summed E-state index contributed by atoms with van der Waals surface area (Å²) in [6, 6.07) is 7.88. The molecule has 3 N–H and O–H groups in total. The Kier molecular flexibility index (Phi) is 10.4. The summed E-state index contributed by atoms with van der Waals surface area (Å²) in [5.74, 6) is 0.711. The van der Waals surface area contributed by atoms with E-state index in [1.54, 1.807) is 0 Å². The molecule has 2 aliphatic heterocycles. The first-order valence-corrected chi connectivity index (χ1v) is 12.7. The lowest BCUT2D eigenvalue weighted by atomic mass is 10.00. The second-order valence-electron chi connectivity index (χ2n) is 9.16. The van der Waals surface area contributed by atoms with Gasteiger partial charge in [-0.05, 0) is 61.4 Å². The first kappa shape index (κ1) is 27.0. The number of halogens is 2. The fourth-order valence-electron chi connectivity index (χ4n) is 4.65. The van der Waals surface area contributed by atoms with Crippen molar-refractivity contribution < 1.29 is 8.78 Å². The highest BCUT2D eigenvalue weighted by atomic mass is 19.1. The van der Waals surface area contributed by atoms with Crippen molar-refractivity contribution >= 4 is 27.9 Å². The van der Waals surface area contributed by atoms with Crippen molar-refractivity contribution in [2.45, 2.75) is 71.0 Å². The fraction of sp³-hybridized carbons (Fsp3) is 0.500. The van der Waals surface area contributed by atoms with E-state index >= 15 is 0 Å². The maximum absolute atomic E-state index is 13.2. The van der Waals surface area contributed by atoms with Crippen molar-refractivity contribution in [3.63, 3.8) is 0 Å². The first-order valence-electron chi connectivity index (χ1n) is 12.7. The topological polar surface area (TPSA) is 61.3 Å². The molecule has 2 aliphatic rings. The van der Waals surface area contributed by atoms with Gasteiger partial charge in [0.2, 0.25) is 0 Å². The van der Waals surface area contributed by atoms with E-state index in [1.807, 2.05) is 39.2 Å². The lowest BCUT2D eigenvalue weighted by molar-refractivity contribution is 0.271. The Morgan fingerprint density at radius 1 is 1.17 bits per heavy atom. The van der Waals surface area contributed by atoms with E-state index in [0.717, 1.165) is 60.0 Å². The average molecular weight is 484 g/mol. The molecule has 0 saturated carbocycles. The van der Waals surface area contributed by atoms with Crippen LogP contribution in [-0.2, 0) is 0 Å². The molecule has 2 atom stereocenters. The number of hydrogen-bond acceptors (Lipinski definition) is 5. The van der Waals surface area contributed by atoms with Crippen molar-refractivity contribution in [2.75, 3.05) is 25.2 Å². The number of allylic oxidation sites excluding steroid dienone is 1. The maximum Gasteiger partial charge on any atom is 0.130 e. The van der Waals surface area contributed by atoms with E-state index in [2.05, 4.69) is 50.7 Å². The summed E-state index contributed by atoms with van der Waals surface area (Å²) in [7, 11) is 0. The zero-order valence-corrected chi connectivity index (χ0v) is 21.2. The minimum Gasteiger partial charge on any atom is -0.344 e. The smallest absolute Gasteiger partial charge is 0.130 e. The average Bonchev–Trinajstić information content (AvgIpc) is 3.55. The third-order valence-electron chi connectivity index (χ3n) is 6.35. The van der Waals surface area contributed by atoms with Crippen LogP contribution in [-0.4, -0.2) is 48.7 Å². The summed E-state index contributed by atoms with van der Waals surface area (Å²) in [5.41, 5.74) is 4.27. The van der Waals surface area contributed by atoms with E-state index in [4.69, 9.17) is 0 Å². The number of pyridine rings is 1. The van der Waals surface area contributed by atoms with Gasteiger partial charge in [-0.15, -0.1) is 0 Å². The monoisotopic (exact) mass is 483 g/mol. The van der Waals surface area contributed by atoms with E-state index in [9.17, 15) is 8.78 Å². The normalized spacial score (nSPS) is 18.2. The molecule has 0 amide bonds. The molecule has 35 heavy (non-hydrogen) atoms. The van der Waals surface area contributed by atoms with Gasteiger partial charge >= 0.3 is 0 Å². The molecule has 5 nitrogen and oxygen atoms in total. The second kappa shape index (κ2) is 13.4. The van der Waals surface area contributed by atoms with Crippen molar-refractivity contribution in [2.24, 2.45) is 4.99 Å². The van der Waals surface area contributed by atoms with Crippen LogP contribution in [0.15, 0.2) is 53.9 Å². The zero-order chi connectivity index (χ0) is 25.2. The largest absolute Gasteiger partial charge is 0.344 e. The van der Waals surface area contributed by atoms with Crippen molar-refractivity contribution in [1.29, 1.82) is 0 Å². The fourth-order valence-corrected chi connectivity index (χ4v) is 4.65. The predicted octanol–water partition coefficient (Wildman–Crippen LogP) is 6.19. The summed E-state index contributed by atoms with van der Waals surface area (Å²) < 4.78 is 26.3. The molecule has 2 unspecified atom stereocenters. The Bertz CT molecular complexity index is 1030. The number of aromatic nitrogens is 1. The van der Waals surface area contributed by atoms with Gasteiger partial charge in [-0.1, -0.05) is 32.6 Å². The second-order valence-corrected chi connectivity index (χ2v) is 9.16. The summed E-state index contributed by atoms with van der Waals surface area (Å²) in [5, 5.41) is 12.1. The third kappa shape index (κ3) is 7.67. The Labute approximate surface area is 208 Å². The lowest BCUT2D eigenvalue weighted by Gasteiger charge is -2.26. The maximum atomic E-state index is 13.2. The molecule has 1 aromatic heterocycles. The molecule has 0 spiro atoms. The number of nitrogens with zero attached hydrogens (tertiary/aromatic N) is 2. The molecule has 190 valence electrons. The number of rotatable bonds is 11. The molecule has 2 aromatic rings. The van der Waals surface area contributed by atoms with Crippen molar-refractivity contribution in [1.82, 2.24) is 15.6 Å². The van der Waals surface area contributed by atoms with E-state index in [1.165, 1.54) is 5.57 Å². The number of alkyl halides is 2. The van der Waals surface area contributed by atoms with Gasteiger partial charge in [0, 0.05) is 54.1 Å². The highest BCUT2D eigenvalue weighted by molar-refractivity contribution is 5.98. The van der Waals surface area contributed by atoms with Crippen LogP contribution in [0.25, 0.3) is 16.3 Å². The number of aliphatic imine (C=N–C) groups is 1. The van der Waals surface area contributed by atoms with Gasteiger partial charge in [-0.2, -0.15) is 0 Å². The zero-order valence-electron chi connectivity index (χ0n) is 21.2. The molecule has 0 bridgehead atoms. The van der Waals surface area contributed by atoms with Crippen molar-refractivity contribution in [3.05, 3.63) is 54.5 Å². The predicted molar refractivity (Wildman–Crippen MR) is 144 cm³/mol. The van der Waals surface area contributed by atoms with Crippen LogP contribution in [0.3, 0.4) is 0 Å². The number of anilines is 1. The Morgan fingerprint density at radius 2 is 1.97 bits per heavy atom. The van der Waals surface area contributed by atoms with Crippen LogP contribution in [0, 0.1) is 0 Å². The first-order chi connectivity index (χ1) is 17.0. The highest BCUT2D eigenvalue weighted by Gasteiger charge is 2.23. The van der Waals surface area contributed by atoms with Crippen LogP contribution in [0.4, 0.5) is 14.6 Å². The van der Waals surface area contributed by atoms with Crippen molar-refractivity contribution in [3.8, 4) is 0 Å². The molecule has 7 heteroatoms. The molecule has 0 radical (unpaired) electrons. The van der Waals surface area contributed by atoms with Crippen LogP contribution in [0.5, 0.6) is 0 Å². The van der Waals surface area contributed by atoms with Crippen LogP contribution in [0.2, 0.25) is 0 Å². The van der Waals surface area contributed by atoms with Gasteiger partial charge in [0.05, 0.1) is 6.04 Å². The Hall–Kier alpha value is -2.64. The SMILES string of the molecule is C=C(CC(CC1CCCN1)NC(CF)CF)Nc1cc2cc(C3=CN=C(C)C3)ccc2cn1.CC. The van der Waals surface area contributed by atoms with E-state index < -0.39 is 19.4 Å². The molecule has 1 aromatic carbocycles. The van der Waals surface area contributed by atoms with Crippen LogP contribution >= 0.6 is 0 Å². The van der Waals surface area contributed by atoms with Gasteiger partial charge in [-0.25, -0.2) is 13.8 Å². The number of fused-ring (bicyclic) bond motifs is 1. The molecule has 1 fully saturated rings. The highest BCUT2D eigenvalue weighted by Crippen LogP contribution is 2.28. The molecule has 1 saturated heterocycles. The number of benzene rings is 1. The van der Waals surface area contributed by atoms with Gasteiger partial charge in [-0.3, -0.25) is 4.99 Å². The Morgan fingerprint density at radius 3 is 2.63 bits per heavy atom. The summed E-state index contributed by atoms with van der Waals surface area (Å²) in [6.07, 6.45) is 8.26. The quantitative estimate of drug-likeness (QED) is 0.357. The molecular weight excluding hydrogens is 444 g/mol. The third-order valence-corrected chi connectivity index (χ3v) is 6.35. The molecule has 0 aliphatic carbocycles. The summed E-state index contributed by atoms with van der Waals surface area (Å²) in [6.45, 7) is 9.76. The minimum atomic E-state index is -0.779. The molecule has 4 rings (SSSR count).